The highest BCUT2D eigenvalue weighted by Crippen LogP contribution is 2.01. The quantitative estimate of drug-likeness (QED) is 0.0764. The molecule has 0 aromatic heterocycles. The Balaban J connectivity index is 3.10. The third kappa shape index (κ3) is 36.0. The van der Waals surface area contributed by atoms with Gasteiger partial charge in [0.2, 0.25) is 0 Å². The summed E-state index contributed by atoms with van der Waals surface area (Å²) in [4.78, 5) is 32.1. The summed E-state index contributed by atoms with van der Waals surface area (Å²) in [5.74, 6) is -2.22. The minimum absolute atomic E-state index is 0.0559. The summed E-state index contributed by atoms with van der Waals surface area (Å²) in [6.07, 6.45) is 1.22. The van der Waals surface area contributed by atoms with Crippen molar-refractivity contribution in [2.75, 3.05) is 126 Å². The highest BCUT2D eigenvalue weighted by Gasteiger charge is 2.04. The molecule has 41 heavy (non-hydrogen) atoms. The van der Waals surface area contributed by atoms with Crippen LogP contribution >= 0.6 is 0 Å². The van der Waals surface area contributed by atoms with Gasteiger partial charge in [0, 0.05) is 12.8 Å². The number of carbonyl (C=O) groups is 3. The van der Waals surface area contributed by atoms with Gasteiger partial charge in [0.1, 0.15) is 13.2 Å². The lowest BCUT2D eigenvalue weighted by molar-refractivity contribution is -0.146. The Bertz CT molecular complexity index is 605. The van der Waals surface area contributed by atoms with E-state index in [1.54, 1.807) is 0 Å². The zero-order valence-electron chi connectivity index (χ0n) is 24.0. The van der Waals surface area contributed by atoms with Gasteiger partial charge in [0.15, 0.2) is 0 Å². The van der Waals surface area contributed by atoms with E-state index in [1.165, 1.54) is 0 Å². The maximum absolute atomic E-state index is 11.4. The predicted molar refractivity (Wildman–Crippen MR) is 142 cm³/mol. The molecular formula is C26H48O15. The largest absolute Gasteiger partial charge is 0.481 e. The van der Waals surface area contributed by atoms with E-state index < -0.39 is 11.9 Å². The zero-order valence-corrected chi connectivity index (χ0v) is 24.0. The van der Waals surface area contributed by atoms with Gasteiger partial charge in [-0.3, -0.25) is 9.59 Å². The van der Waals surface area contributed by atoms with Crippen LogP contribution < -0.4 is 0 Å². The molecule has 0 aromatic carbocycles. The van der Waals surface area contributed by atoms with Crippen LogP contribution in [0.15, 0.2) is 0 Å². The van der Waals surface area contributed by atoms with Crippen LogP contribution in [0.2, 0.25) is 0 Å². The summed E-state index contributed by atoms with van der Waals surface area (Å²) in [6, 6.07) is 0. The lowest BCUT2D eigenvalue weighted by atomic mass is 10.2. The molecule has 0 rings (SSSR count). The maximum Gasteiger partial charge on any atom is 0.329 e. The van der Waals surface area contributed by atoms with E-state index in [-0.39, 0.29) is 45.2 Å². The van der Waals surface area contributed by atoms with Crippen molar-refractivity contribution in [1.29, 1.82) is 0 Å². The van der Waals surface area contributed by atoms with Gasteiger partial charge in [0.05, 0.1) is 112 Å². The fraction of sp³-hybridized carbons (Fsp3) is 0.885. The normalized spacial score (nSPS) is 11.1. The van der Waals surface area contributed by atoms with E-state index in [0.717, 1.165) is 0 Å². The van der Waals surface area contributed by atoms with Crippen molar-refractivity contribution in [2.45, 2.75) is 25.7 Å². The number of rotatable bonds is 34. The van der Waals surface area contributed by atoms with Gasteiger partial charge in [-0.15, -0.1) is 0 Å². The Kier molecular flexibility index (Phi) is 31.0. The first kappa shape index (κ1) is 39.0. The Morgan fingerprint density at radius 3 is 0.976 bits per heavy atom. The number of carbonyl (C=O) groups excluding carboxylic acids is 1. The molecule has 242 valence electrons. The van der Waals surface area contributed by atoms with Crippen molar-refractivity contribution >= 4 is 17.9 Å². The number of unbranched alkanes of at least 4 members (excludes halogenated alkanes) is 1. The number of esters is 1. The van der Waals surface area contributed by atoms with E-state index in [4.69, 9.17) is 57.6 Å². The molecular weight excluding hydrogens is 552 g/mol. The highest BCUT2D eigenvalue weighted by molar-refractivity contribution is 5.69. The van der Waals surface area contributed by atoms with Gasteiger partial charge >= 0.3 is 17.9 Å². The van der Waals surface area contributed by atoms with Gasteiger partial charge in [-0.2, -0.15) is 0 Å². The van der Waals surface area contributed by atoms with Gasteiger partial charge in [-0.25, -0.2) is 4.79 Å². The number of carboxylic acid groups (broad SMARTS) is 2. The first-order valence-electron chi connectivity index (χ1n) is 13.8. The summed E-state index contributed by atoms with van der Waals surface area (Å²) < 4.78 is 52.7. The standard InChI is InChI=1S/C26H48O15/c27-24(28)3-1-2-4-26(31)41-22-21-39-18-17-37-14-13-35-10-9-33-6-5-32-7-8-34-11-12-36-15-16-38-19-20-40-23-25(29)30/h1-23H2,(H,27,28)(H,29,30). The Hall–Kier alpha value is -1.95. The van der Waals surface area contributed by atoms with Crippen LogP contribution in [0.3, 0.4) is 0 Å². The number of ether oxygens (including phenoxy) is 10. The average molecular weight is 601 g/mol. The van der Waals surface area contributed by atoms with Crippen molar-refractivity contribution in [3.63, 3.8) is 0 Å². The summed E-state index contributed by atoms with van der Waals surface area (Å²) in [5, 5.41) is 16.9. The number of hydrogen-bond acceptors (Lipinski definition) is 13. The van der Waals surface area contributed by atoms with E-state index in [0.29, 0.717) is 112 Å². The second-order valence-electron chi connectivity index (χ2n) is 8.17. The molecule has 0 aromatic rings. The number of hydrogen-bond donors (Lipinski definition) is 2. The van der Waals surface area contributed by atoms with Crippen molar-refractivity contribution < 1.29 is 72.0 Å². The average Bonchev–Trinajstić information content (AvgIpc) is 2.94. The van der Waals surface area contributed by atoms with Gasteiger partial charge < -0.3 is 57.6 Å². The van der Waals surface area contributed by atoms with Crippen LogP contribution in [0, 0.1) is 0 Å². The highest BCUT2D eigenvalue weighted by atomic mass is 16.6. The lowest BCUT2D eigenvalue weighted by Crippen LogP contribution is -2.15. The molecule has 0 fully saturated rings. The molecule has 0 aliphatic heterocycles. The van der Waals surface area contributed by atoms with Crippen LogP contribution in [-0.2, 0) is 61.8 Å². The third-order valence-electron chi connectivity index (χ3n) is 4.71. The summed E-state index contributed by atoms with van der Waals surface area (Å²) in [7, 11) is 0. The number of aliphatic carboxylic acids is 2. The summed E-state index contributed by atoms with van der Waals surface area (Å²) in [6.45, 7) is 6.79. The monoisotopic (exact) mass is 600 g/mol. The molecule has 0 aliphatic carbocycles. The molecule has 2 N–H and O–H groups in total. The Morgan fingerprint density at radius 1 is 0.366 bits per heavy atom. The predicted octanol–water partition coefficient (Wildman–Crippen LogP) is 0.409. The fourth-order valence-electron chi connectivity index (χ4n) is 2.75. The van der Waals surface area contributed by atoms with Crippen molar-refractivity contribution in [3.05, 3.63) is 0 Å². The second kappa shape index (κ2) is 32.6. The lowest BCUT2D eigenvalue weighted by Gasteiger charge is -2.09. The van der Waals surface area contributed by atoms with Crippen molar-refractivity contribution in [2.24, 2.45) is 0 Å². The topological polar surface area (TPSA) is 184 Å². The first-order chi connectivity index (χ1) is 20.0. The molecule has 0 heterocycles. The Morgan fingerprint density at radius 2 is 0.659 bits per heavy atom. The molecule has 0 radical (unpaired) electrons. The zero-order chi connectivity index (χ0) is 30.1. The van der Waals surface area contributed by atoms with E-state index in [2.05, 4.69) is 0 Å². The SMILES string of the molecule is O=C(O)CCCCC(=O)OCCOCCOCCOCCOCCOCCOCCOCCOCCOCC(=O)O. The molecule has 0 unspecified atom stereocenters. The van der Waals surface area contributed by atoms with Gasteiger partial charge in [-0.1, -0.05) is 0 Å². The maximum atomic E-state index is 11.4. The van der Waals surface area contributed by atoms with Crippen LogP contribution in [-0.4, -0.2) is 154 Å². The molecule has 0 saturated carbocycles. The van der Waals surface area contributed by atoms with E-state index >= 15 is 0 Å². The van der Waals surface area contributed by atoms with Crippen LogP contribution in [0.25, 0.3) is 0 Å². The fourth-order valence-corrected chi connectivity index (χ4v) is 2.75. The molecule has 0 saturated heterocycles. The van der Waals surface area contributed by atoms with Crippen LogP contribution in [0.4, 0.5) is 0 Å². The molecule has 0 amide bonds. The molecule has 0 atom stereocenters. The van der Waals surface area contributed by atoms with Crippen LogP contribution in [0.5, 0.6) is 0 Å². The minimum Gasteiger partial charge on any atom is -0.481 e. The number of carboxylic acids is 2. The summed E-state index contributed by atoms with van der Waals surface area (Å²) >= 11 is 0. The third-order valence-corrected chi connectivity index (χ3v) is 4.71. The second-order valence-corrected chi connectivity index (χ2v) is 8.17. The molecule has 0 bridgehead atoms. The Labute approximate surface area is 241 Å². The smallest absolute Gasteiger partial charge is 0.329 e. The van der Waals surface area contributed by atoms with Gasteiger partial charge in [0.25, 0.3) is 0 Å². The molecule has 0 aliphatic rings. The first-order valence-corrected chi connectivity index (χ1v) is 13.8. The van der Waals surface area contributed by atoms with Crippen LogP contribution in [0.1, 0.15) is 25.7 Å². The minimum atomic E-state index is -1.00. The molecule has 0 spiro atoms. The van der Waals surface area contributed by atoms with Gasteiger partial charge in [-0.05, 0) is 12.8 Å². The summed E-state index contributed by atoms with van der Waals surface area (Å²) in [5.41, 5.74) is 0. The molecule has 15 heteroatoms. The van der Waals surface area contributed by atoms with Crippen molar-refractivity contribution in [3.8, 4) is 0 Å². The molecule has 15 nitrogen and oxygen atoms in total. The van der Waals surface area contributed by atoms with E-state index in [1.807, 2.05) is 0 Å². The van der Waals surface area contributed by atoms with E-state index in [9.17, 15) is 14.4 Å². The van der Waals surface area contributed by atoms with Crippen molar-refractivity contribution in [1.82, 2.24) is 0 Å².